The maximum atomic E-state index is 12.4. The van der Waals surface area contributed by atoms with Crippen LogP contribution in [0.2, 0.25) is 0 Å². The van der Waals surface area contributed by atoms with E-state index in [1.165, 1.54) is 29.6 Å². The second-order valence-electron chi connectivity index (χ2n) is 9.87. The highest BCUT2D eigenvalue weighted by atomic mass is 16.3. The van der Waals surface area contributed by atoms with Gasteiger partial charge in [0.15, 0.2) is 5.69 Å². The number of carbonyl (C=O) groups is 1. The molecule has 4 heterocycles. The molecule has 1 saturated carbocycles. The Morgan fingerprint density at radius 3 is 2.86 bits per heavy atom. The predicted octanol–water partition coefficient (Wildman–Crippen LogP) is 4.09. The van der Waals surface area contributed by atoms with Crippen LogP contribution < -0.4 is 5.32 Å². The summed E-state index contributed by atoms with van der Waals surface area (Å²) < 4.78 is 7.11. The SMILES string of the molecule is Cc1ccc(CNC(=O)c2cn(CCCCc3cc4c(nn3)CC(C3CC3)=C4c3ccoc3)nn2)cn1. The number of aromatic nitrogens is 6. The summed E-state index contributed by atoms with van der Waals surface area (Å²) in [7, 11) is 0. The molecule has 6 rings (SSSR count). The molecule has 9 nitrogen and oxygen atoms in total. The molecule has 2 aliphatic rings. The second-order valence-corrected chi connectivity index (χ2v) is 9.87. The first-order chi connectivity index (χ1) is 18.1. The minimum atomic E-state index is -0.243. The van der Waals surface area contributed by atoms with Crippen molar-refractivity contribution in [3.63, 3.8) is 0 Å². The quantitative estimate of drug-likeness (QED) is 0.330. The van der Waals surface area contributed by atoms with Crippen LogP contribution in [0.25, 0.3) is 5.57 Å². The zero-order valence-electron chi connectivity index (χ0n) is 20.9. The number of furan rings is 1. The van der Waals surface area contributed by atoms with Gasteiger partial charge >= 0.3 is 0 Å². The summed E-state index contributed by atoms with van der Waals surface area (Å²) in [4.78, 5) is 16.7. The van der Waals surface area contributed by atoms with Crippen LogP contribution in [0.1, 0.15) is 69.9 Å². The molecule has 1 fully saturated rings. The minimum absolute atomic E-state index is 0.243. The molecule has 4 aromatic heterocycles. The molecule has 4 aromatic rings. The average Bonchev–Trinajstić information content (AvgIpc) is 3.28. The molecule has 0 aromatic carbocycles. The smallest absolute Gasteiger partial charge is 0.273 e. The van der Waals surface area contributed by atoms with Crippen LogP contribution in [0.5, 0.6) is 0 Å². The van der Waals surface area contributed by atoms with Gasteiger partial charge in [0.2, 0.25) is 0 Å². The Labute approximate surface area is 215 Å². The van der Waals surface area contributed by atoms with Crippen molar-refractivity contribution in [3.8, 4) is 0 Å². The number of nitrogens with zero attached hydrogens (tertiary/aromatic N) is 6. The van der Waals surface area contributed by atoms with Crippen molar-refractivity contribution < 1.29 is 9.21 Å². The monoisotopic (exact) mass is 495 g/mol. The fraction of sp³-hybridized carbons (Fsp3) is 0.357. The summed E-state index contributed by atoms with van der Waals surface area (Å²) in [6.45, 7) is 3.02. The minimum Gasteiger partial charge on any atom is -0.472 e. The second kappa shape index (κ2) is 10.1. The number of nitrogens with one attached hydrogen (secondary N) is 1. The van der Waals surface area contributed by atoms with Crippen LogP contribution >= 0.6 is 0 Å². The van der Waals surface area contributed by atoms with Gasteiger partial charge in [-0.1, -0.05) is 16.9 Å². The average molecular weight is 496 g/mol. The molecule has 0 unspecified atom stereocenters. The summed E-state index contributed by atoms with van der Waals surface area (Å²) in [6.07, 6.45) is 13.1. The molecule has 0 spiro atoms. The molecule has 0 atom stereocenters. The first-order valence-corrected chi connectivity index (χ1v) is 12.9. The number of hydrogen-bond donors (Lipinski definition) is 1. The highest BCUT2D eigenvalue weighted by molar-refractivity contribution is 5.91. The van der Waals surface area contributed by atoms with Crippen molar-refractivity contribution in [3.05, 3.63) is 94.2 Å². The van der Waals surface area contributed by atoms with Crippen molar-refractivity contribution in [2.45, 2.75) is 58.5 Å². The summed E-state index contributed by atoms with van der Waals surface area (Å²) in [5, 5.41) is 20.1. The van der Waals surface area contributed by atoms with Crippen LogP contribution in [-0.2, 0) is 25.9 Å². The lowest BCUT2D eigenvalue weighted by molar-refractivity contribution is 0.0945. The molecular weight excluding hydrogens is 466 g/mol. The molecule has 0 radical (unpaired) electrons. The van der Waals surface area contributed by atoms with Gasteiger partial charge in [0.05, 0.1) is 30.1 Å². The summed E-state index contributed by atoms with van der Waals surface area (Å²) in [5.74, 6) is 0.434. The lowest BCUT2D eigenvalue weighted by Crippen LogP contribution is -2.23. The fourth-order valence-corrected chi connectivity index (χ4v) is 4.86. The summed E-state index contributed by atoms with van der Waals surface area (Å²) >= 11 is 0. The van der Waals surface area contributed by atoms with Gasteiger partial charge in [-0.25, -0.2) is 0 Å². The van der Waals surface area contributed by atoms with E-state index < -0.39 is 0 Å². The van der Waals surface area contributed by atoms with Crippen molar-refractivity contribution in [1.29, 1.82) is 0 Å². The third-order valence-electron chi connectivity index (χ3n) is 7.02. The van der Waals surface area contributed by atoms with E-state index in [0.29, 0.717) is 24.7 Å². The van der Waals surface area contributed by atoms with Gasteiger partial charge in [0.1, 0.15) is 0 Å². The molecule has 2 aliphatic carbocycles. The zero-order valence-corrected chi connectivity index (χ0v) is 20.9. The van der Waals surface area contributed by atoms with Crippen LogP contribution in [0.4, 0.5) is 0 Å². The van der Waals surface area contributed by atoms with Gasteiger partial charge in [-0.15, -0.1) is 5.10 Å². The fourth-order valence-electron chi connectivity index (χ4n) is 4.86. The highest BCUT2D eigenvalue weighted by Crippen LogP contribution is 2.48. The molecule has 9 heteroatoms. The van der Waals surface area contributed by atoms with Crippen molar-refractivity contribution >= 4 is 11.5 Å². The van der Waals surface area contributed by atoms with Gasteiger partial charge in [0.25, 0.3) is 5.91 Å². The van der Waals surface area contributed by atoms with Gasteiger partial charge in [-0.2, -0.15) is 10.2 Å². The number of fused-ring (bicyclic) bond motifs is 1. The Kier molecular flexibility index (Phi) is 6.34. The van der Waals surface area contributed by atoms with E-state index in [0.717, 1.165) is 53.9 Å². The van der Waals surface area contributed by atoms with Crippen LogP contribution in [0, 0.1) is 12.8 Å². The Bertz CT molecular complexity index is 1430. The number of allylic oxidation sites excluding steroid dienone is 1. The Morgan fingerprint density at radius 2 is 2.08 bits per heavy atom. The van der Waals surface area contributed by atoms with E-state index in [-0.39, 0.29) is 5.91 Å². The molecule has 1 N–H and O–H groups in total. The molecule has 37 heavy (non-hydrogen) atoms. The molecule has 0 saturated heterocycles. The predicted molar refractivity (Wildman–Crippen MR) is 136 cm³/mol. The lowest BCUT2D eigenvalue weighted by atomic mass is 9.98. The maximum Gasteiger partial charge on any atom is 0.273 e. The van der Waals surface area contributed by atoms with Crippen LogP contribution in [0.15, 0.2) is 59.2 Å². The number of pyridine rings is 1. The number of unbranched alkanes of at least 4 members (excludes halogenated alkanes) is 1. The van der Waals surface area contributed by atoms with Crippen molar-refractivity contribution in [2.75, 3.05) is 0 Å². The number of carbonyl (C=O) groups excluding carboxylic acids is 1. The summed E-state index contributed by atoms with van der Waals surface area (Å²) in [6, 6.07) is 8.12. The van der Waals surface area contributed by atoms with Gasteiger partial charge in [-0.05, 0) is 74.3 Å². The van der Waals surface area contributed by atoms with E-state index >= 15 is 0 Å². The van der Waals surface area contributed by atoms with Crippen molar-refractivity contribution in [2.24, 2.45) is 5.92 Å². The molecule has 1 amide bonds. The summed E-state index contributed by atoms with van der Waals surface area (Å²) in [5.41, 5.74) is 9.42. The topological polar surface area (TPSA) is 112 Å². The van der Waals surface area contributed by atoms with Crippen LogP contribution in [-0.4, -0.2) is 36.1 Å². The molecule has 0 aliphatic heterocycles. The van der Waals surface area contributed by atoms with Gasteiger partial charge in [-0.3, -0.25) is 14.5 Å². The van der Waals surface area contributed by atoms with E-state index in [4.69, 9.17) is 4.42 Å². The standard InChI is InChI=1S/C28H29N7O2/c1-18-5-6-19(14-29-18)15-30-28(36)26-16-35(34-33-26)10-3-2-4-22-12-24-25(32-31-22)13-23(20-7-8-20)27(24)21-9-11-37-17-21/h5-6,9,11-12,14,16-17,20H,2-4,7-8,10,13,15H2,1H3,(H,30,36). The number of rotatable bonds is 10. The van der Waals surface area contributed by atoms with E-state index in [2.05, 4.69) is 36.9 Å². The molecular formula is C28H29N7O2. The van der Waals surface area contributed by atoms with E-state index in [1.807, 2.05) is 31.4 Å². The Balaban J connectivity index is 1.02. The van der Waals surface area contributed by atoms with Crippen molar-refractivity contribution in [1.82, 2.24) is 35.5 Å². The normalized spacial score (nSPS) is 14.7. The molecule has 188 valence electrons. The molecule has 0 bridgehead atoms. The first-order valence-electron chi connectivity index (χ1n) is 12.9. The number of hydrogen-bond acceptors (Lipinski definition) is 7. The first kappa shape index (κ1) is 23.3. The Hall–Kier alpha value is -4.14. The Morgan fingerprint density at radius 1 is 1.16 bits per heavy atom. The third kappa shape index (κ3) is 5.21. The maximum absolute atomic E-state index is 12.4. The van der Waals surface area contributed by atoms with Crippen LogP contribution in [0.3, 0.4) is 0 Å². The zero-order chi connectivity index (χ0) is 25.2. The van der Waals surface area contributed by atoms with E-state index in [9.17, 15) is 4.79 Å². The highest BCUT2D eigenvalue weighted by Gasteiger charge is 2.35. The van der Waals surface area contributed by atoms with Gasteiger partial charge < -0.3 is 9.73 Å². The lowest BCUT2D eigenvalue weighted by Gasteiger charge is -2.07. The van der Waals surface area contributed by atoms with Gasteiger partial charge in [0, 0.05) is 42.5 Å². The third-order valence-corrected chi connectivity index (χ3v) is 7.02. The number of amides is 1. The number of aryl methyl sites for hydroxylation is 3. The van der Waals surface area contributed by atoms with E-state index in [1.54, 1.807) is 23.3 Å². The largest absolute Gasteiger partial charge is 0.472 e.